The molecule has 0 aliphatic carbocycles. The van der Waals surface area contributed by atoms with Crippen molar-refractivity contribution in [2.45, 2.75) is 13.3 Å². The highest BCUT2D eigenvalue weighted by Crippen LogP contribution is 2.26. The van der Waals surface area contributed by atoms with E-state index < -0.39 is 0 Å². The van der Waals surface area contributed by atoms with Crippen LogP contribution < -0.4 is 10.6 Å². The van der Waals surface area contributed by atoms with Crippen LogP contribution in [-0.4, -0.2) is 19.0 Å². The van der Waals surface area contributed by atoms with Gasteiger partial charge in [0.2, 0.25) is 5.91 Å². The van der Waals surface area contributed by atoms with Gasteiger partial charge in [0, 0.05) is 12.2 Å². The lowest BCUT2D eigenvalue weighted by atomic mass is 9.89. The van der Waals surface area contributed by atoms with Crippen molar-refractivity contribution in [3.63, 3.8) is 0 Å². The molecule has 0 bridgehead atoms. The predicted molar refractivity (Wildman–Crippen MR) is 60.7 cm³/mol. The maximum atomic E-state index is 12.0. The minimum absolute atomic E-state index is 0.110. The van der Waals surface area contributed by atoms with Gasteiger partial charge in [-0.2, -0.15) is 0 Å². The van der Waals surface area contributed by atoms with Crippen molar-refractivity contribution in [2.24, 2.45) is 5.41 Å². The predicted octanol–water partition coefficient (Wildman–Crippen LogP) is 1.62. The normalized spacial score (nSPS) is 25.1. The first-order chi connectivity index (χ1) is 7.21. The average molecular weight is 204 g/mol. The Bertz CT molecular complexity index is 342. The van der Waals surface area contributed by atoms with E-state index in [1.54, 1.807) is 0 Å². The average Bonchev–Trinajstić information content (AvgIpc) is 2.68. The zero-order valence-corrected chi connectivity index (χ0v) is 8.92. The van der Waals surface area contributed by atoms with Crippen molar-refractivity contribution in [1.82, 2.24) is 5.32 Å². The van der Waals surface area contributed by atoms with Crippen LogP contribution in [0.5, 0.6) is 0 Å². The Kier molecular flexibility index (Phi) is 2.73. The second kappa shape index (κ2) is 4.03. The first-order valence-corrected chi connectivity index (χ1v) is 5.28. The number of carbonyl (C=O) groups excluding carboxylic acids is 1. The monoisotopic (exact) mass is 204 g/mol. The fourth-order valence-electron chi connectivity index (χ4n) is 1.81. The number of hydrogen-bond acceptors (Lipinski definition) is 2. The van der Waals surface area contributed by atoms with Crippen LogP contribution in [-0.2, 0) is 4.79 Å². The van der Waals surface area contributed by atoms with E-state index >= 15 is 0 Å². The highest BCUT2D eigenvalue weighted by molar-refractivity contribution is 5.95. The maximum absolute atomic E-state index is 12.0. The molecule has 2 rings (SSSR count). The van der Waals surface area contributed by atoms with E-state index in [0.717, 1.165) is 25.2 Å². The molecule has 0 spiro atoms. The summed E-state index contributed by atoms with van der Waals surface area (Å²) in [5.41, 5.74) is 0.617. The van der Waals surface area contributed by atoms with Crippen LogP contribution in [0.3, 0.4) is 0 Å². The molecule has 1 aliphatic rings. The molecule has 1 heterocycles. The molecule has 1 aromatic carbocycles. The van der Waals surface area contributed by atoms with Crippen molar-refractivity contribution in [2.75, 3.05) is 18.4 Å². The van der Waals surface area contributed by atoms with E-state index in [2.05, 4.69) is 10.6 Å². The highest BCUT2D eigenvalue weighted by atomic mass is 16.2. The Morgan fingerprint density at radius 1 is 1.40 bits per heavy atom. The lowest BCUT2D eigenvalue weighted by Crippen LogP contribution is -2.35. The lowest BCUT2D eigenvalue weighted by Gasteiger charge is -2.21. The van der Waals surface area contributed by atoms with Gasteiger partial charge >= 0.3 is 0 Å². The Balaban J connectivity index is 2.04. The van der Waals surface area contributed by atoms with Crippen LogP contribution in [0, 0.1) is 5.41 Å². The van der Waals surface area contributed by atoms with Gasteiger partial charge < -0.3 is 10.6 Å². The summed E-state index contributed by atoms with van der Waals surface area (Å²) in [6, 6.07) is 9.59. The van der Waals surface area contributed by atoms with Crippen molar-refractivity contribution in [3.8, 4) is 0 Å². The van der Waals surface area contributed by atoms with E-state index in [9.17, 15) is 4.79 Å². The van der Waals surface area contributed by atoms with E-state index in [-0.39, 0.29) is 11.3 Å². The summed E-state index contributed by atoms with van der Waals surface area (Å²) in [7, 11) is 0. The number of carbonyl (C=O) groups is 1. The van der Waals surface area contributed by atoms with Gasteiger partial charge in [-0.1, -0.05) is 18.2 Å². The molecule has 80 valence electrons. The molecule has 1 aromatic rings. The van der Waals surface area contributed by atoms with Crippen LogP contribution in [0.15, 0.2) is 30.3 Å². The van der Waals surface area contributed by atoms with Gasteiger partial charge in [0.05, 0.1) is 5.41 Å². The Morgan fingerprint density at radius 3 is 2.73 bits per heavy atom. The molecule has 1 unspecified atom stereocenters. The fraction of sp³-hybridized carbons (Fsp3) is 0.417. The third-order valence-corrected chi connectivity index (χ3v) is 2.95. The van der Waals surface area contributed by atoms with Crippen molar-refractivity contribution in [3.05, 3.63) is 30.3 Å². The van der Waals surface area contributed by atoms with Crippen molar-refractivity contribution >= 4 is 11.6 Å². The molecule has 1 fully saturated rings. The lowest BCUT2D eigenvalue weighted by molar-refractivity contribution is -0.123. The third kappa shape index (κ3) is 2.18. The molecule has 1 atom stereocenters. The number of hydrogen-bond donors (Lipinski definition) is 2. The van der Waals surface area contributed by atoms with Crippen LogP contribution in [0.25, 0.3) is 0 Å². The Hall–Kier alpha value is -1.35. The molecule has 1 aliphatic heterocycles. The van der Waals surface area contributed by atoms with Crippen molar-refractivity contribution < 1.29 is 4.79 Å². The maximum Gasteiger partial charge on any atom is 0.231 e. The molecule has 0 saturated carbocycles. The SMILES string of the molecule is CC1(C(=O)Nc2ccccc2)CCNC1. The topological polar surface area (TPSA) is 41.1 Å². The Morgan fingerprint density at radius 2 is 2.13 bits per heavy atom. The third-order valence-electron chi connectivity index (χ3n) is 2.95. The zero-order valence-electron chi connectivity index (χ0n) is 8.92. The molecule has 1 saturated heterocycles. The number of benzene rings is 1. The van der Waals surface area contributed by atoms with Crippen LogP contribution in [0.1, 0.15) is 13.3 Å². The van der Waals surface area contributed by atoms with E-state index in [0.29, 0.717) is 0 Å². The summed E-state index contributed by atoms with van der Waals surface area (Å²) < 4.78 is 0. The summed E-state index contributed by atoms with van der Waals surface area (Å²) >= 11 is 0. The molecule has 1 amide bonds. The number of amides is 1. The van der Waals surface area contributed by atoms with Crippen LogP contribution >= 0.6 is 0 Å². The first-order valence-electron chi connectivity index (χ1n) is 5.28. The quantitative estimate of drug-likeness (QED) is 0.768. The van der Waals surface area contributed by atoms with Crippen molar-refractivity contribution in [1.29, 1.82) is 0 Å². The number of nitrogens with one attached hydrogen (secondary N) is 2. The smallest absolute Gasteiger partial charge is 0.231 e. The van der Waals surface area contributed by atoms with Crippen LogP contribution in [0.2, 0.25) is 0 Å². The Labute approximate surface area is 89.9 Å². The van der Waals surface area contributed by atoms with Gasteiger partial charge in [-0.25, -0.2) is 0 Å². The first kappa shape index (κ1) is 10.2. The summed E-state index contributed by atoms with van der Waals surface area (Å²) in [6.07, 6.45) is 0.908. The molecule has 15 heavy (non-hydrogen) atoms. The molecular weight excluding hydrogens is 188 g/mol. The van der Waals surface area contributed by atoms with Crippen LogP contribution in [0.4, 0.5) is 5.69 Å². The second-order valence-corrected chi connectivity index (χ2v) is 4.31. The van der Waals surface area contributed by atoms with Gasteiger partial charge in [0.1, 0.15) is 0 Å². The molecule has 3 heteroatoms. The van der Waals surface area contributed by atoms with E-state index in [1.165, 1.54) is 0 Å². The fourth-order valence-corrected chi connectivity index (χ4v) is 1.81. The largest absolute Gasteiger partial charge is 0.326 e. The number of anilines is 1. The number of para-hydroxylation sites is 1. The van der Waals surface area contributed by atoms with Gasteiger partial charge in [-0.15, -0.1) is 0 Å². The summed E-state index contributed by atoms with van der Waals surface area (Å²) in [5, 5.41) is 6.16. The molecular formula is C12H16N2O. The highest BCUT2D eigenvalue weighted by Gasteiger charge is 2.36. The van der Waals surface area contributed by atoms with Gasteiger partial charge in [-0.3, -0.25) is 4.79 Å². The van der Waals surface area contributed by atoms with Gasteiger partial charge in [-0.05, 0) is 32.0 Å². The minimum atomic E-state index is -0.254. The summed E-state index contributed by atoms with van der Waals surface area (Å²) in [6.45, 7) is 3.70. The summed E-state index contributed by atoms with van der Waals surface area (Å²) in [4.78, 5) is 12.0. The molecule has 0 radical (unpaired) electrons. The van der Waals surface area contributed by atoms with E-state index in [4.69, 9.17) is 0 Å². The number of rotatable bonds is 2. The molecule has 3 nitrogen and oxygen atoms in total. The molecule has 0 aromatic heterocycles. The van der Waals surface area contributed by atoms with E-state index in [1.807, 2.05) is 37.3 Å². The zero-order chi connectivity index (χ0) is 10.7. The van der Waals surface area contributed by atoms with Gasteiger partial charge in [0.15, 0.2) is 0 Å². The van der Waals surface area contributed by atoms with Gasteiger partial charge in [0.25, 0.3) is 0 Å². The second-order valence-electron chi connectivity index (χ2n) is 4.31. The summed E-state index contributed by atoms with van der Waals surface area (Å²) in [5.74, 6) is 0.110. The minimum Gasteiger partial charge on any atom is -0.326 e. The molecule has 2 N–H and O–H groups in total. The standard InChI is InChI=1S/C12H16N2O/c1-12(7-8-13-9-12)11(15)14-10-5-3-2-4-6-10/h2-6,13H,7-9H2,1H3,(H,14,15).